The molecule has 0 spiro atoms. The molecule has 3 aromatic rings. The van der Waals surface area contributed by atoms with Gasteiger partial charge in [-0.3, -0.25) is 4.79 Å². The monoisotopic (exact) mass is 399 g/mol. The number of likely N-dealkylation sites (tertiary alicyclic amines) is 1. The Balaban J connectivity index is 1.48. The summed E-state index contributed by atoms with van der Waals surface area (Å²) in [6, 6.07) is 10.6. The first-order chi connectivity index (χ1) is 13.6. The maximum atomic E-state index is 12.5. The highest BCUT2D eigenvalue weighted by molar-refractivity contribution is 6.30. The van der Waals surface area contributed by atoms with Crippen molar-refractivity contribution in [2.75, 3.05) is 18.4 Å². The third kappa shape index (κ3) is 3.49. The quantitative estimate of drug-likeness (QED) is 0.731. The zero-order valence-electron chi connectivity index (χ0n) is 15.6. The third-order valence-corrected chi connectivity index (χ3v) is 5.52. The van der Waals surface area contributed by atoms with Crippen LogP contribution in [0.25, 0.3) is 5.65 Å². The summed E-state index contributed by atoms with van der Waals surface area (Å²) in [5, 5.41) is 7.59. The third-order valence-electron chi connectivity index (χ3n) is 5.28. The number of carbonyl (C=O) groups excluding carboxylic acids is 1. The van der Waals surface area contributed by atoms with Gasteiger partial charge in [0.05, 0.1) is 6.20 Å². The van der Waals surface area contributed by atoms with Gasteiger partial charge in [-0.2, -0.15) is 9.61 Å². The lowest BCUT2D eigenvalue weighted by atomic mass is 9.93. The lowest BCUT2D eigenvalue weighted by molar-refractivity contribution is 0.193. The first-order valence-corrected chi connectivity index (χ1v) is 9.83. The van der Waals surface area contributed by atoms with Gasteiger partial charge in [0.15, 0.2) is 0 Å². The number of hydrogen-bond donors (Lipinski definition) is 1. The molecule has 2 amide bonds. The van der Waals surface area contributed by atoms with E-state index in [0.717, 1.165) is 30.7 Å². The van der Waals surface area contributed by atoms with Gasteiger partial charge >= 0.3 is 6.03 Å². The highest BCUT2D eigenvalue weighted by Crippen LogP contribution is 2.28. The molecule has 1 aliphatic heterocycles. The molecule has 1 N–H and O–H groups in total. The molecule has 0 unspecified atom stereocenters. The Hall–Kier alpha value is -2.80. The number of urea groups is 1. The van der Waals surface area contributed by atoms with Crippen LogP contribution in [0.1, 0.15) is 31.4 Å². The number of carbonyl (C=O) groups is 1. The number of nitrogens with one attached hydrogen (secondary N) is 1. The molecule has 2 aromatic heterocycles. The topological polar surface area (TPSA) is 71.6 Å². The average molecular weight is 400 g/mol. The van der Waals surface area contributed by atoms with Crippen molar-refractivity contribution in [3.8, 4) is 0 Å². The Bertz CT molecular complexity index is 1070. The van der Waals surface area contributed by atoms with Gasteiger partial charge in [0.2, 0.25) is 0 Å². The highest BCUT2D eigenvalue weighted by atomic mass is 35.5. The molecule has 0 aliphatic carbocycles. The van der Waals surface area contributed by atoms with E-state index in [1.807, 2.05) is 17.0 Å². The zero-order chi connectivity index (χ0) is 19.7. The zero-order valence-corrected chi connectivity index (χ0v) is 16.4. The Morgan fingerprint density at radius 3 is 2.75 bits per heavy atom. The van der Waals surface area contributed by atoms with E-state index < -0.39 is 0 Å². The molecule has 28 heavy (non-hydrogen) atoms. The molecular weight excluding hydrogens is 378 g/mol. The Morgan fingerprint density at radius 1 is 1.25 bits per heavy atom. The van der Waals surface area contributed by atoms with Gasteiger partial charge in [0.1, 0.15) is 5.65 Å². The van der Waals surface area contributed by atoms with Crippen LogP contribution >= 0.6 is 11.6 Å². The molecular formula is C20H22ClN5O2. The van der Waals surface area contributed by atoms with E-state index in [1.54, 1.807) is 30.5 Å². The summed E-state index contributed by atoms with van der Waals surface area (Å²) in [7, 11) is 0. The number of fused-ring (bicyclic) bond motifs is 1. The van der Waals surface area contributed by atoms with Crippen LogP contribution in [-0.4, -0.2) is 38.2 Å². The van der Waals surface area contributed by atoms with Crippen molar-refractivity contribution in [3.63, 3.8) is 0 Å². The van der Waals surface area contributed by atoms with Crippen molar-refractivity contribution in [1.82, 2.24) is 19.1 Å². The Labute approximate surface area is 167 Å². The molecule has 1 fully saturated rings. The number of anilines is 1. The molecule has 7 nitrogen and oxygen atoms in total. The molecule has 8 heteroatoms. The summed E-state index contributed by atoms with van der Waals surface area (Å²) in [5.74, 6) is 0.239. The van der Waals surface area contributed by atoms with E-state index in [0.29, 0.717) is 23.8 Å². The van der Waals surface area contributed by atoms with E-state index in [9.17, 15) is 9.59 Å². The number of benzene rings is 1. The minimum Gasteiger partial charge on any atom is -0.330 e. The Morgan fingerprint density at radius 2 is 2.04 bits per heavy atom. The van der Waals surface area contributed by atoms with Crippen molar-refractivity contribution >= 4 is 29.0 Å². The minimum atomic E-state index is -0.125. The predicted octanol–water partition coefficient (Wildman–Crippen LogP) is 3.58. The van der Waals surface area contributed by atoms with Crippen LogP contribution in [0.4, 0.5) is 10.5 Å². The van der Waals surface area contributed by atoms with Gasteiger partial charge in [0.25, 0.3) is 5.56 Å². The lowest BCUT2D eigenvalue weighted by Gasteiger charge is -2.33. The highest BCUT2D eigenvalue weighted by Gasteiger charge is 2.26. The molecule has 4 rings (SSSR count). The van der Waals surface area contributed by atoms with Gasteiger partial charge in [0, 0.05) is 54.1 Å². The second kappa shape index (κ2) is 7.67. The standard InChI is InChI=1S/C20H22ClN5O2/c1-2-25-17(13-19(27)26-18(25)6-9-22-26)14-7-10-24(11-8-14)20(28)23-16-5-3-4-15(21)12-16/h3-6,9,12-14H,2,7-8,10-11H2,1H3,(H,23,28). The van der Waals surface area contributed by atoms with Crippen LogP contribution in [-0.2, 0) is 6.54 Å². The SMILES string of the molecule is CCn1c(C2CCN(C(=O)Nc3cccc(Cl)c3)CC2)cc(=O)n2nccc12. The fraction of sp³-hybridized carbons (Fsp3) is 0.350. The van der Waals surface area contributed by atoms with Gasteiger partial charge in [-0.15, -0.1) is 0 Å². The average Bonchev–Trinajstić information content (AvgIpc) is 3.18. The summed E-state index contributed by atoms with van der Waals surface area (Å²) in [6.45, 7) is 4.10. The smallest absolute Gasteiger partial charge is 0.321 e. The summed E-state index contributed by atoms with van der Waals surface area (Å²) >= 11 is 5.98. The fourth-order valence-corrected chi connectivity index (χ4v) is 4.09. The van der Waals surface area contributed by atoms with E-state index in [1.165, 1.54) is 4.52 Å². The molecule has 0 atom stereocenters. The van der Waals surface area contributed by atoms with Gasteiger partial charge in [-0.1, -0.05) is 17.7 Å². The van der Waals surface area contributed by atoms with Crippen molar-refractivity contribution < 1.29 is 4.79 Å². The van der Waals surface area contributed by atoms with Crippen LogP contribution in [0.5, 0.6) is 0 Å². The van der Waals surface area contributed by atoms with Crippen molar-refractivity contribution in [2.24, 2.45) is 0 Å². The van der Waals surface area contributed by atoms with Crippen LogP contribution in [0.2, 0.25) is 5.02 Å². The summed E-state index contributed by atoms with van der Waals surface area (Å²) < 4.78 is 3.57. The maximum absolute atomic E-state index is 12.5. The first-order valence-electron chi connectivity index (χ1n) is 9.46. The van der Waals surface area contributed by atoms with Crippen molar-refractivity contribution in [1.29, 1.82) is 0 Å². The van der Waals surface area contributed by atoms with Crippen molar-refractivity contribution in [3.05, 3.63) is 63.7 Å². The normalized spacial score (nSPS) is 15.1. The molecule has 3 heterocycles. The number of amides is 2. The number of aryl methyl sites for hydroxylation is 1. The number of aromatic nitrogens is 3. The maximum Gasteiger partial charge on any atom is 0.321 e. The summed E-state index contributed by atoms with van der Waals surface area (Å²) in [6.07, 6.45) is 3.27. The fourth-order valence-electron chi connectivity index (χ4n) is 3.90. The van der Waals surface area contributed by atoms with Crippen LogP contribution in [0, 0.1) is 0 Å². The molecule has 146 valence electrons. The number of halogens is 1. The van der Waals surface area contributed by atoms with Crippen LogP contribution in [0.3, 0.4) is 0 Å². The van der Waals surface area contributed by atoms with E-state index >= 15 is 0 Å². The number of nitrogens with zero attached hydrogens (tertiary/aromatic N) is 4. The van der Waals surface area contributed by atoms with Gasteiger partial charge < -0.3 is 14.8 Å². The van der Waals surface area contributed by atoms with E-state index in [-0.39, 0.29) is 17.5 Å². The lowest BCUT2D eigenvalue weighted by Crippen LogP contribution is -2.41. The van der Waals surface area contributed by atoms with E-state index in [4.69, 9.17) is 11.6 Å². The van der Waals surface area contributed by atoms with E-state index in [2.05, 4.69) is 21.9 Å². The first kappa shape index (κ1) is 18.6. The summed E-state index contributed by atoms with van der Waals surface area (Å²) in [5.41, 5.74) is 2.41. The molecule has 0 saturated carbocycles. The predicted molar refractivity (Wildman–Crippen MR) is 109 cm³/mol. The Kier molecular flexibility index (Phi) is 5.09. The van der Waals surface area contributed by atoms with Crippen LogP contribution < -0.4 is 10.9 Å². The molecule has 0 radical (unpaired) electrons. The van der Waals surface area contributed by atoms with Gasteiger partial charge in [-0.05, 0) is 38.0 Å². The number of piperidine rings is 1. The molecule has 0 bridgehead atoms. The molecule has 1 saturated heterocycles. The summed E-state index contributed by atoms with van der Waals surface area (Å²) in [4.78, 5) is 26.7. The second-order valence-electron chi connectivity index (χ2n) is 6.95. The number of hydrogen-bond acceptors (Lipinski definition) is 3. The largest absolute Gasteiger partial charge is 0.330 e. The molecule has 1 aliphatic rings. The van der Waals surface area contributed by atoms with Crippen LogP contribution in [0.15, 0.2) is 47.4 Å². The van der Waals surface area contributed by atoms with Crippen molar-refractivity contribution in [2.45, 2.75) is 32.2 Å². The minimum absolute atomic E-state index is 0.110. The second-order valence-corrected chi connectivity index (χ2v) is 7.39. The van der Waals surface area contributed by atoms with Gasteiger partial charge in [-0.25, -0.2) is 4.79 Å². The number of rotatable bonds is 3. The molecule has 1 aromatic carbocycles.